The predicted octanol–water partition coefficient (Wildman–Crippen LogP) is 3.16. The van der Waals surface area contributed by atoms with E-state index in [2.05, 4.69) is 5.10 Å². The lowest BCUT2D eigenvalue weighted by Gasteiger charge is -2.13. The van der Waals surface area contributed by atoms with E-state index in [1.807, 2.05) is 36.4 Å². The molecule has 2 N–H and O–H groups in total. The highest BCUT2D eigenvalue weighted by atomic mass is 32.2. The SMILES string of the molecule is COc1ccc(OC)c(Sc2cccc(OC)c2C=NN)c1. The van der Waals surface area contributed by atoms with Gasteiger partial charge in [0.1, 0.15) is 17.2 Å². The highest BCUT2D eigenvalue weighted by molar-refractivity contribution is 7.99. The monoisotopic (exact) mass is 318 g/mol. The summed E-state index contributed by atoms with van der Waals surface area (Å²) in [7, 11) is 4.89. The molecule has 0 aliphatic carbocycles. The van der Waals surface area contributed by atoms with Crippen LogP contribution in [0.2, 0.25) is 0 Å². The molecule has 6 heteroatoms. The first kappa shape index (κ1) is 16.0. The number of ether oxygens (including phenoxy) is 3. The zero-order valence-corrected chi connectivity index (χ0v) is 13.5. The normalized spacial score (nSPS) is 10.7. The molecule has 0 aliphatic rings. The maximum absolute atomic E-state index is 5.41. The van der Waals surface area contributed by atoms with E-state index in [4.69, 9.17) is 20.1 Å². The summed E-state index contributed by atoms with van der Waals surface area (Å²) in [5.74, 6) is 7.55. The summed E-state index contributed by atoms with van der Waals surface area (Å²) < 4.78 is 16.0. The van der Waals surface area contributed by atoms with E-state index in [1.54, 1.807) is 27.5 Å². The molecule has 0 spiro atoms. The summed E-state index contributed by atoms with van der Waals surface area (Å²) in [6.45, 7) is 0. The fourth-order valence-corrected chi connectivity index (χ4v) is 3.05. The van der Waals surface area contributed by atoms with Gasteiger partial charge in [0.15, 0.2) is 0 Å². The van der Waals surface area contributed by atoms with Gasteiger partial charge in [-0.15, -0.1) is 0 Å². The smallest absolute Gasteiger partial charge is 0.133 e. The molecule has 0 fully saturated rings. The Morgan fingerprint density at radius 3 is 2.36 bits per heavy atom. The molecular weight excluding hydrogens is 300 g/mol. The largest absolute Gasteiger partial charge is 0.497 e. The van der Waals surface area contributed by atoms with Gasteiger partial charge in [-0.3, -0.25) is 0 Å². The minimum absolute atomic E-state index is 0.709. The van der Waals surface area contributed by atoms with E-state index in [-0.39, 0.29) is 0 Å². The van der Waals surface area contributed by atoms with Crippen molar-refractivity contribution < 1.29 is 14.2 Å². The van der Waals surface area contributed by atoms with Crippen molar-refractivity contribution in [2.24, 2.45) is 10.9 Å². The van der Waals surface area contributed by atoms with Gasteiger partial charge in [-0.1, -0.05) is 17.8 Å². The van der Waals surface area contributed by atoms with Gasteiger partial charge >= 0.3 is 0 Å². The van der Waals surface area contributed by atoms with Gasteiger partial charge in [-0.2, -0.15) is 5.10 Å². The van der Waals surface area contributed by atoms with Gasteiger partial charge in [0, 0.05) is 4.90 Å². The second kappa shape index (κ2) is 7.61. The summed E-state index contributed by atoms with van der Waals surface area (Å²) in [6, 6.07) is 11.4. The van der Waals surface area contributed by atoms with Crippen LogP contribution in [0.3, 0.4) is 0 Å². The van der Waals surface area contributed by atoms with Crippen LogP contribution in [0.25, 0.3) is 0 Å². The Morgan fingerprint density at radius 1 is 0.955 bits per heavy atom. The molecule has 0 amide bonds. The van der Waals surface area contributed by atoms with E-state index < -0.39 is 0 Å². The summed E-state index contributed by atoms with van der Waals surface area (Å²) in [5, 5.41) is 3.62. The lowest BCUT2D eigenvalue weighted by Crippen LogP contribution is -1.96. The van der Waals surface area contributed by atoms with Gasteiger partial charge < -0.3 is 20.1 Å². The molecule has 0 atom stereocenters. The topological polar surface area (TPSA) is 66.1 Å². The number of benzene rings is 2. The van der Waals surface area contributed by atoms with Crippen molar-refractivity contribution in [3.8, 4) is 17.2 Å². The van der Waals surface area contributed by atoms with Crippen LogP contribution in [0.4, 0.5) is 0 Å². The number of hydrogen-bond acceptors (Lipinski definition) is 6. The molecule has 5 nitrogen and oxygen atoms in total. The molecule has 22 heavy (non-hydrogen) atoms. The number of rotatable bonds is 6. The Kier molecular flexibility index (Phi) is 5.55. The second-order valence-electron chi connectivity index (χ2n) is 4.27. The first-order chi connectivity index (χ1) is 10.7. The van der Waals surface area contributed by atoms with Crippen molar-refractivity contribution in [2.45, 2.75) is 9.79 Å². The third-order valence-electron chi connectivity index (χ3n) is 3.04. The van der Waals surface area contributed by atoms with E-state index in [9.17, 15) is 0 Å². The molecule has 2 aromatic rings. The molecule has 0 aliphatic heterocycles. The molecular formula is C16H18N2O3S. The fraction of sp³-hybridized carbons (Fsp3) is 0.188. The maximum atomic E-state index is 5.41. The number of hydrogen-bond donors (Lipinski definition) is 1. The Balaban J connectivity index is 2.46. The number of nitrogens with zero attached hydrogens (tertiary/aromatic N) is 1. The van der Waals surface area contributed by atoms with E-state index in [1.165, 1.54) is 11.8 Å². The summed E-state index contributed by atoms with van der Waals surface area (Å²) in [5.41, 5.74) is 0.822. The van der Waals surface area contributed by atoms with Crippen LogP contribution < -0.4 is 20.1 Å². The average Bonchev–Trinajstić information content (AvgIpc) is 2.56. The Morgan fingerprint density at radius 2 is 1.73 bits per heavy atom. The van der Waals surface area contributed by atoms with Crippen LogP contribution >= 0.6 is 11.8 Å². The minimum atomic E-state index is 0.709. The molecule has 0 aromatic heterocycles. The number of nitrogens with two attached hydrogens (primary N) is 1. The Bertz CT molecular complexity index is 674. The molecule has 0 unspecified atom stereocenters. The van der Waals surface area contributed by atoms with Crippen LogP contribution in [0.15, 0.2) is 51.3 Å². The third kappa shape index (κ3) is 3.46. The highest BCUT2D eigenvalue weighted by Crippen LogP contribution is 2.40. The van der Waals surface area contributed by atoms with E-state index >= 15 is 0 Å². The van der Waals surface area contributed by atoms with Crippen LogP contribution in [0.1, 0.15) is 5.56 Å². The molecule has 116 valence electrons. The average molecular weight is 318 g/mol. The van der Waals surface area contributed by atoms with Crippen LogP contribution in [0, 0.1) is 0 Å². The first-order valence-corrected chi connectivity index (χ1v) is 7.35. The zero-order valence-electron chi connectivity index (χ0n) is 12.7. The summed E-state index contributed by atoms with van der Waals surface area (Å²) in [4.78, 5) is 1.89. The van der Waals surface area contributed by atoms with Crippen molar-refractivity contribution in [1.29, 1.82) is 0 Å². The van der Waals surface area contributed by atoms with Crippen LogP contribution in [-0.4, -0.2) is 27.5 Å². The zero-order chi connectivity index (χ0) is 15.9. The number of hydrazone groups is 1. The Hall–Kier alpha value is -2.34. The minimum Gasteiger partial charge on any atom is -0.497 e. The molecule has 0 saturated carbocycles. The van der Waals surface area contributed by atoms with Gasteiger partial charge in [-0.05, 0) is 30.3 Å². The number of methoxy groups -OCH3 is 3. The van der Waals surface area contributed by atoms with Crippen LogP contribution in [-0.2, 0) is 0 Å². The molecule has 2 aromatic carbocycles. The summed E-state index contributed by atoms with van der Waals surface area (Å²) in [6.07, 6.45) is 1.58. The van der Waals surface area contributed by atoms with Crippen molar-refractivity contribution >= 4 is 18.0 Å². The summed E-state index contributed by atoms with van der Waals surface area (Å²) >= 11 is 1.53. The predicted molar refractivity (Wildman–Crippen MR) is 88.4 cm³/mol. The molecule has 0 saturated heterocycles. The quantitative estimate of drug-likeness (QED) is 0.503. The molecule has 0 bridgehead atoms. The first-order valence-electron chi connectivity index (χ1n) is 6.53. The standard InChI is InChI=1S/C16H18N2O3S/c1-19-11-7-8-14(21-3)16(9-11)22-15-6-4-5-13(20-2)12(15)10-18-17/h4-10H,17H2,1-3H3. The third-order valence-corrected chi connectivity index (χ3v) is 4.16. The van der Waals surface area contributed by atoms with E-state index in [0.29, 0.717) is 5.75 Å². The van der Waals surface area contributed by atoms with Gasteiger partial charge in [-0.25, -0.2) is 0 Å². The van der Waals surface area contributed by atoms with E-state index in [0.717, 1.165) is 26.9 Å². The highest BCUT2D eigenvalue weighted by Gasteiger charge is 2.12. The Labute approximate surface area is 134 Å². The lowest BCUT2D eigenvalue weighted by molar-refractivity contribution is 0.394. The van der Waals surface area contributed by atoms with Crippen molar-refractivity contribution in [1.82, 2.24) is 0 Å². The van der Waals surface area contributed by atoms with Crippen molar-refractivity contribution in [3.63, 3.8) is 0 Å². The second-order valence-corrected chi connectivity index (χ2v) is 5.35. The van der Waals surface area contributed by atoms with Crippen LogP contribution in [0.5, 0.6) is 17.2 Å². The van der Waals surface area contributed by atoms with Gasteiger partial charge in [0.05, 0.1) is 38.0 Å². The molecule has 0 heterocycles. The molecule has 0 radical (unpaired) electrons. The fourth-order valence-electron chi connectivity index (χ4n) is 1.97. The maximum Gasteiger partial charge on any atom is 0.133 e. The lowest BCUT2D eigenvalue weighted by atomic mass is 10.2. The van der Waals surface area contributed by atoms with Gasteiger partial charge in [0.2, 0.25) is 0 Å². The van der Waals surface area contributed by atoms with Crippen molar-refractivity contribution in [3.05, 3.63) is 42.0 Å². The van der Waals surface area contributed by atoms with Gasteiger partial charge in [0.25, 0.3) is 0 Å². The van der Waals surface area contributed by atoms with Crippen molar-refractivity contribution in [2.75, 3.05) is 21.3 Å². The molecule has 2 rings (SSSR count).